The van der Waals surface area contributed by atoms with E-state index in [0.29, 0.717) is 31.8 Å². The Bertz CT molecular complexity index is 1180. The van der Waals surface area contributed by atoms with E-state index in [0.717, 1.165) is 24.0 Å². The average molecular weight is 438 g/mol. The Kier molecular flexibility index (Phi) is 6.07. The number of rotatable bonds is 6. The van der Waals surface area contributed by atoms with E-state index in [1.165, 1.54) is 27.8 Å². The molecular weight excluding hydrogens is 410 g/mol. The van der Waals surface area contributed by atoms with Gasteiger partial charge in [-0.1, -0.05) is 78.9 Å². The highest BCUT2D eigenvalue weighted by atomic mass is 16.5. The molecule has 33 heavy (non-hydrogen) atoms. The van der Waals surface area contributed by atoms with E-state index in [2.05, 4.69) is 53.9 Å². The Hall–Kier alpha value is -3.66. The third kappa shape index (κ3) is 4.61. The molecule has 0 aromatic heterocycles. The third-order valence-electron chi connectivity index (χ3n) is 6.53. The molecule has 3 aromatic rings. The summed E-state index contributed by atoms with van der Waals surface area (Å²) in [5.41, 5.74) is 8.42. The Morgan fingerprint density at radius 1 is 0.939 bits per heavy atom. The summed E-state index contributed by atoms with van der Waals surface area (Å²) >= 11 is 0. The summed E-state index contributed by atoms with van der Waals surface area (Å²) < 4.78 is 5.57. The van der Waals surface area contributed by atoms with Gasteiger partial charge in [-0.3, -0.25) is 4.79 Å². The van der Waals surface area contributed by atoms with Crippen LogP contribution in [0.5, 0.6) is 0 Å². The predicted octanol–water partition coefficient (Wildman–Crippen LogP) is 5.69. The number of ketones is 1. The van der Waals surface area contributed by atoms with Crippen molar-refractivity contribution in [1.82, 2.24) is 5.32 Å². The molecule has 0 fully saturated rings. The normalized spacial score (nSPS) is 14.6. The third-order valence-corrected chi connectivity index (χ3v) is 6.53. The number of nitrogens with one attached hydrogen (secondary N) is 1. The van der Waals surface area contributed by atoms with E-state index in [-0.39, 0.29) is 12.0 Å². The summed E-state index contributed by atoms with van der Waals surface area (Å²) in [6.07, 6.45) is 6.49. The molecule has 0 bridgehead atoms. The first-order valence-corrected chi connectivity index (χ1v) is 11.6. The number of Topliss-reactive ketones (excluding diaryl/α,β-unsaturated/α-hetero) is 1. The first-order valence-electron chi connectivity index (χ1n) is 11.6. The fourth-order valence-corrected chi connectivity index (χ4v) is 4.86. The summed E-state index contributed by atoms with van der Waals surface area (Å²) in [6, 6.07) is 22.9. The lowest BCUT2D eigenvalue weighted by Crippen LogP contribution is -2.26. The lowest BCUT2D eigenvalue weighted by Gasteiger charge is -2.15. The number of hydrogen-bond donors (Lipinski definition) is 1. The number of aryl methyl sites for hydroxylation is 1. The maximum Gasteiger partial charge on any atom is 0.407 e. The van der Waals surface area contributed by atoms with Gasteiger partial charge in [0.15, 0.2) is 0 Å². The summed E-state index contributed by atoms with van der Waals surface area (Å²) in [5.74, 6) is 0.396. The van der Waals surface area contributed by atoms with Gasteiger partial charge >= 0.3 is 6.09 Å². The molecule has 0 aliphatic heterocycles. The zero-order valence-corrected chi connectivity index (χ0v) is 18.6. The lowest BCUT2D eigenvalue weighted by atomic mass is 9.89. The smallest absolute Gasteiger partial charge is 0.407 e. The Morgan fingerprint density at radius 3 is 2.42 bits per heavy atom. The molecule has 3 aromatic carbocycles. The molecule has 0 saturated carbocycles. The van der Waals surface area contributed by atoms with Gasteiger partial charge in [-0.15, -0.1) is 0 Å². The number of alkyl carbamates (subject to hydrolysis) is 1. The van der Waals surface area contributed by atoms with E-state index in [1.807, 2.05) is 30.3 Å². The van der Waals surface area contributed by atoms with Gasteiger partial charge < -0.3 is 10.1 Å². The number of amides is 1. The maximum atomic E-state index is 12.3. The Balaban J connectivity index is 1.10. The molecule has 166 valence electrons. The minimum absolute atomic E-state index is 0.0716. The average Bonchev–Trinajstić information content (AvgIpc) is 3.16. The van der Waals surface area contributed by atoms with Crippen LogP contribution in [0.2, 0.25) is 0 Å². The van der Waals surface area contributed by atoms with Gasteiger partial charge in [0.25, 0.3) is 0 Å². The molecule has 2 aliphatic carbocycles. The zero-order valence-electron chi connectivity index (χ0n) is 18.6. The van der Waals surface area contributed by atoms with Crippen molar-refractivity contribution < 1.29 is 14.3 Å². The second kappa shape index (κ2) is 9.45. The van der Waals surface area contributed by atoms with Crippen molar-refractivity contribution >= 4 is 18.0 Å². The summed E-state index contributed by atoms with van der Waals surface area (Å²) in [7, 11) is 0. The van der Waals surface area contributed by atoms with Gasteiger partial charge in [-0.25, -0.2) is 4.79 Å². The van der Waals surface area contributed by atoms with Crippen LogP contribution in [-0.2, 0) is 22.4 Å². The van der Waals surface area contributed by atoms with Gasteiger partial charge in [0.2, 0.25) is 0 Å². The first kappa shape index (κ1) is 21.2. The summed E-state index contributed by atoms with van der Waals surface area (Å²) in [6.45, 7) is 0.847. The fraction of sp³-hybridized carbons (Fsp3) is 0.241. The van der Waals surface area contributed by atoms with Crippen molar-refractivity contribution in [3.05, 3.63) is 101 Å². The number of benzene rings is 3. The highest BCUT2D eigenvalue weighted by Gasteiger charge is 2.28. The highest BCUT2D eigenvalue weighted by molar-refractivity contribution is 5.83. The van der Waals surface area contributed by atoms with Crippen molar-refractivity contribution in [3.8, 4) is 11.1 Å². The van der Waals surface area contributed by atoms with Crippen molar-refractivity contribution in [1.29, 1.82) is 0 Å². The van der Waals surface area contributed by atoms with E-state index in [4.69, 9.17) is 4.74 Å². The lowest BCUT2D eigenvalue weighted by molar-refractivity contribution is -0.118. The van der Waals surface area contributed by atoms with Crippen LogP contribution < -0.4 is 5.32 Å². The standard InChI is InChI=1S/C29H27NO3/c31-23-15-14-21-17-20(12-13-22(21)18-23)7-5-6-16-30-29(32)33-19-28-26-10-3-1-8-24(26)25-9-2-4-11-27(25)28/h1-5,7-13,17,28H,6,14-16,18-19H2,(H,30,32). The highest BCUT2D eigenvalue weighted by Crippen LogP contribution is 2.44. The quantitative estimate of drug-likeness (QED) is 0.504. The molecule has 0 spiro atoms. The van der Waals surface area contributed by atoms with Crippen LogP contribution >= 0.6 is 0 Å². The Morgan fingerprint density at radius 2 is 1.67 bits per heavy atom. The van der Waals surface area contributed by atoms with Crippen LogP contribution in [0.4, 0.5) is 4.79 Å². The summed E-state index contributed by atoms with van der Waals surface area (Å²) in [5, 5.41) is 2.85. The molecule has 5 rings (SSSR count). The minimum atomic E-state index is -0.385. The topological polar surface area (TPSA) is 55.4 Å². The van der Waals surface area contributed by atoms with Crippen LogP contribution in [0.25, 0.3) is 17.2 Å². The molecule has 1 amide bonds. The van der Waals surface area contributed by atoms with Crippen molar-refractivity contribution in [2.24, 2.45) is 0 Å². The monoisotopic (exact) mass is 437 g/mol. The molecule has 4 nitrogen and oxygen atoms in total. The van der Waals surface area contributed by atoms with Gasteiger partial charge in [0.1, 0.15) is 12.4 Å². The molecule has 0 radical (unpaired) electrons. The SMILES string of the molecule is O=C1CCc2cc(C=CCCNC(=O)OCC3c4ccccc4-c4ccccc43)ccc2C1. The van der Waals surface area contributed by atoms with Crippen molar-refractivity contribution in [2.45, 2.75) is 31.6 Å². The second-order valence-corrected chi connectivity index (χ2v) is 8.69. The number of ether oxygens (including phenoxy) is 1. The number of carbonyl (C=O) groups is 2. The van der Waals surface area contributed by atoms with E-state index < -0.39 is 0 Å². The first-order chi connectivity index (χ1) is 16.2. The maximum absolute atomic E-state index is 12.3. The number of carbonyl (C=O) groups excluding carboxylic acids is 2. The van der Waals surface area contributed by atoms with Gasteiger partial charge in [0.05, 0.1) is 0 Å². The van der Waals surface area contributed by atoms with E-state index in [9.17, 15) is 9.59 Å². The number of hydrogen-bond acceptors (Lipinski definition) is 3. The molecule has 1 N–H and O–H groups in total. The van der Waals surface area contributed by atoms with Gasteiger partial charge in [-0.2, -0.15) is 0 Å². The van der Waals surface area contributed by atoms with Crippen molar-refractivity contribution in [2.75, 3.05) is 13.2 Å². The molecule has 0 saturated heterocycles. The fourth-order valence-electron chi connectivity index (χ4n) is 4.86. The van der Waals surface area contributed by atoms with Crippen LogP contribution in [0.1, 0.15) is 46.6 Å². The molecular formula is C29H27NO3. The van der Waals surface area contributed by atoms with Crippen molar-refractivity contribution in [3.63, 3.8) is 0 Å². The zero-order chi connectivity index (χ0) is 22.6. The second-order valence-electron chi connectivity index (χ2n) is 8.69. The minimum Gasteiger partial charge on any atom is -0.449 e. The van der Waals surface area contributed by atoms with E-state index >= 15 is 0 Å². The van der Waals surface area contributed by atoms with Crippen LogP contribution in [0, 0.1) is 0 Å². The molecule has 0 atom stereocenters. The number of fused-ring (bicyclic) bond motifs is 4. The van der Waals surface area contributed by atoms with Crippen LogP contribution in [0.15, 0.2) is 72.8 Å². The molecule has 0 heterocycles. The Labute approximate surface area is 194 Å². The molecule has 4 heteroatoms. The van der Waals surface area contributed by atoms with E-state index in [1.54, 1.807) is 0 Å². The molecule has 2 aliphatic rings. The molecule has 0 unspecified atom stereocenters. The van der Waals surface area contributed by atoms with Gasteiger partial charge in [-0.05, 0) is 51.8 Å². The van der Waals surface area contributed by atoms with Crippen LogP contribution in [-0.4, -0.2) is 25.0 Å². The summed E-state index contributed by atoms with van der Waals surface area (Å²) in [4.78, 5) is 23.8. The van der Waals surface area contributed by atoms with Gasteiger partial charge in [0, 0.05) is 25.3 Å². The predicted molar refractivity (Wildman–Crippen MR) is 130 cm³/mol. The largest absolute Gasteiger partial charge is 0.449 e. The van der Waals surface area contributed by atoms with Crippen LogP contribution in [0.3, 0.4) is 0 Å².